The molecule has 2 aromatic heterocycles. The topological polar surface area (TPSA) is 174 Å². The van der Waals surface area contributed by atoms with E-state index >= 15 is 0 Å². The van der Waals surface area contributed by atoms with Crippen LogP contribution < -0.4 is 24.2 Å². The van der Waals surface area contributed by atoms with Gasteiger partial charge in [-0.1, -0.05) is 37.4 Å². The summed E-state index contributed by atoms with van der Waals surface area (Å²) in [6.07, 6.45) is 12.8. The Balaban J connectivity index is 0.769. The molecule has 7 atom stereocenters. The fourth-order valence-corrected chi connectivity index (χ4v) is 15.7. The van der Waals surface area contributed by atoms with Crippen LogP contribution in [0.25, 0.3) is 0 Å². The first-order chi connectivity index (χ1) is 40.1. The molecular formula is C64H77F2N13O4. The molecule has 5 aliphatic heterocycles. The predicted octanol–water partition coefficient (Wildman–Crippen LogP) is 7.11. The molecule has 19 heteroatoms. The molecule has 0 saturated carbocycles. The van der Waals surface area contributed by atoms with E-state index in [1.165, 1.54) is 27.8 Å². The van der Waals surface area contributed by atoms with E-state index in [-0.39, 0.29) is 66.0 Å². The molecule has 7 heterocycles. The number of aromatic nitrogens is 4. The molecule has 8 aliphatic rings. The first-order valence-electron chi connectivity index (χ1n) is 30.0. The Kier molecular flexibility index (Phi) is 15.7. The summed E-state index contributed by atoms with van der Waals surface area (Å²) in [5, 5.41) is 19.6. The fraction of sp³-hybridized carbons (Fsp3) is 0.562. The number of nitrogens with zero attached hydrogens (tertiary/aromatic N) is 13. The number of rotatable bonds is 13. The lowest BCUT2D eigenvalue weighted by atomic mass is 9.63. The van der Waals surface area contributed by atoms with Gasteiger partial charge in [0.05, 0.1) is 48.5 Å². The minimum absolute atomic E-state index is 0.0539. The van der Waals surface area contributed by atoms with Gasteiger partial charge in [-0.05, 0) is 161 Å². The van der Waals surface area contributed by atoms with Gasteiger partial charge in [0.2, 0.25) is 5.91 Å². The Morgan fingerprint density at radius 2 is 1.34 bits per heavy atom. The number of likely N-dealkylation sites (tertiary alicyclic amines) is 2. The highest BCUT2D eigenvalue weighted by Crippen LogP contribution is 2.49. The van der Waals surface area contributed by atoms with Crippen molar-refractivity contribution in [1.82, 2.24) is 39.5 Å². The van der Waals surface area contributed by atoms with Crippen LogP contribution in [-0.2, 0) is 54.5 Å². The lowest BCUT2D eigenvalue weighted by molar-refractivity contribution is -0.131. The van der Waals surface area contributed by atoms with E-state index in [0.717, 1.165) is 142 Å². The first kappa shape index (κ1) is 56.3. The smallest absolute Gasteiger partial charge is 0.318 e. The fourth-order valence-electron chi connectivity index (χ4n) is 15.7. The van der Waals surface area contributed by atoms with Crippen LogP contribution in [-0.4, -0.2) is 169 Å². The number of hydrogen-bond acceptors (Lipinski definition) is 15. The van der Waals surface area contributed by atoms with Crippen molar-refractivity contribution in [1.29, 1.82) is 10.5 Å². The Bertz CT molecular complexity index is 3290. The molecule has 0 radical (unpaired) electrons. The average molecular weight is 1130 g/mol. The minimum atomic E-state index is -1.02. The van der Waals surface area contributed by atoms with E-state index in [1.807, 2.05) is 6.07 Å². The van der Waals surface area contributed by atoms with Crippen LogP contribution in [0.4, 0.5) is 26.1 Å². The van der Waals surface area contributed by atoms with Gasteiger partial charge in [0.25, 0.3) is 5.91 Å². The third kappa shape index (κ3) is 11.1. The van der Waals surface area contributed by atoms with Gasteiger partial charge in [0.1, 0.15) is 30.7 Å². The number of carbonyl (C=O) groups excluding carboxylic acids is 2. The van der Waals surface area contributed by atoms with Crippen LogP contribution in [0.1, 0.15) is 102 Å². The van der Waals surface area contributed by atoms with E-state index in [4.69, 9.17) is 29.4 Å². The van der Waals surface area contributed by atoms with Crippen molar-refractivity contribution in [3.63, 3.8) is 0 Å². The number of fused-ring (bicyclic) bond motifs is 4. The first-order valence-corrected chi connectivity index (χ1v) is 30.0. The van der Waals surface area contributed by atoms with Gasteiger partial charge in [-0.3, -0.25) is 14.5 Å². The maximum atomic E-state index is 15.0. The summed E-state index contributed by atoms with van der Waals surface area (Å²) in [6, 6.07) is 17.3. The molecule has 83 heavy (non-hydrogen) atoms. The molecule has 4 fully saturated rings. The molecule has 0 N–H and O–H groups in total. The van der Waals surface area contributed by atoms with Gasteiger partial charge in [-0.25, -0.2) is 8.78 Å². The molecule has 2 spiro atoms. The second-order valence-corrected chi connectivity index (χ2v) is 25.3. The summed E-state index contributed by atoms with van der Waals surface area (Å²) in [5.41, 5.74) is 9.79. The summed E-state index contributed by atoms with van der Waals surface area (Å²) in [7, 11) is 6.50. The van der Waals surface area contributed by atoms with Gasteiger partial charge < -0.3 is 38.9 Å². The van der Waals surface area contributed by atoms with Crippen molar-refractivity contribution >= 4 is 29.1 Å². The van der Waals surface area contributed by atoms with E-state index in [9.17, 15) is 28.9 Å². The normalized spacial score (nSPS) is 26.9. The second kappa shape index (κ2) is 23.1. The van der Waals surface area contributed by atoms with Crippen LogP contribution in [0.2, 0.25) is 0 Å². The van der Waals surface area contributed by atoms with Gasteiger partial charge in [0, 0.05) is 88.3 Å². The van der Waals surface area contributed by atoms with Crippen molar-refractivity contribution in [2.24, 2.45) is 10.8 Å². The van der Waals surface area contributed by atoms with Crippen LogP contribution in [0.5, 0.6) is 12.0 Å². The van der Waals surface area contributed by atoms with Gasteiger partial charge in [-0.2, -0.15) is 30.5 Å². The molecule has 4 saturated heterocycles. The van der Waals surface area contributed by atoms with Crippen molar-refractivity contribution in [3.05, 3.63) is 112 Å². The lowest BCUT2D eigenvalue weighted by Gasteiger charge is -2.47. The summed E-state index contributed by atoms with van der Waals surface area (Å²) >= 11 is 0. The van der Waals surface area contributed by atoms with Gasteiger partial charge in [0.15, 0.2) is 5.83 Å². The van der Waals surface area contributed by atoms with Crippen LogP contribution in [0.15, 0.2) is 61.5 Å². The summed E-state index contributed by atoms with van der Waals surface area (Å²) in [6.45, 7) is 13.1. The van der Waals surface area contributed by atoms with Crippen molar-refractivity contribution in [2.75, 3.05) is 108 Å². The number of halogens is 2. The molecule has 2 aromatic carbocycles. The van der Waals surface area contributed by atoms with Gasteiger partial charge in [-0.15, -0.1) is 0 Å². The molecule has 2 amide bonds. The standard InChI is InChI=1S/C64H77F2N13O4/c1-6-57(80)78-27-25-76(36-46(78)17-22-67)58-51-15-20-63(19-14-50-43(31-63)9-7-11-53(50)66)33-54(51)69-62(72-58)83-39-49-30-45(35-74(49)4)42-12-13-56-44(29-42)32-64(40-75(56)5)21-16-52-55(34-64)70-61(82-38-48-10-8-24-73(48)3)71-59(52)77-26-28-79(60(81)41(2)65)47(37-77)18-23-68/h6-7,9,11-13,29,45-49H,1-2,8,10,14-21,24-28,30-40H2,3-5H3. The molecule has 3 aliphatic carbocycles. The molecular weight excluding hydrogens is 1050 g/mol. The Labute approximate surface area is 486 Å². The average Bonchev–Trinajstić information content (AvgIpc) is 2.34. The Morgan fingerprint density at radius 3 is 1.98 bits per heavy atom. The third-order valence-corrected chi connectivity index (χ3v) is 20.1. The van der Waals surface area contributed by atoms with Crippen molar-refractivity contribution < 1.29 is 27.8 Å². The van der Waals surface area contributed by atoms with E-state index in [1.54, 1.807) is 11.0 Å². The van der Waals surface area contributed by atoms with Crippen molar-refractivity contribution in [2.45, 2.75) is 126 Å². The van der Waals surface area contributed by atoms with Crippen LogP contribution in [0.3, 0.4) is 0 Å². The number of benzene rings is 2. The largest absolute Gasteiger partial charge is 0.462 e. The van der Waals surface area contributed by atoms with E-state index in [0.29, 0.717) is 64.4 Å². The molecule has 0 bridgehead atoms. The highest BCUT2D eigenvalue weighted by molar-refractivity contribution is 5.91. The van der Waals surface area contributed by atoms with E-state index in [2.05, 4.69) is 95.2 Å². The summed E-state index contributed by atoms with van der Waals surface area (Å²) < 4.78 is 42.4. The third-order valence-electron chi connectivity index (χ3n) is 20.1. The zero-order valence-electron chi connectivity index (χ0n) is 48.4. The summed E-state index contributed by atoms with van der Waals surface area (Å²) in [5.74, 6) is -0.215. The number of amides is 2. The van der Waals surface area contributed by atoms with Crippen molar-refractivity contribution in [3.8, 4) is 24.2 Å². The number of anilines is 3. The Hall–Kier alpha value is -7.22. The molecule has 12 rings (SSSR count). The molecule has 17 nitrogen and oxygen atoms in total. The van der Waals surface area contributed by atoms with Gasteiger partial charge >= 0.3 is 12.0 Å². The molecule has 7 unspecified atom stereocenters. The van der Waals surface area contributed by atoms with Crippen LogP contribution in [0, 0.1) is 39.3 Å². The number of carbonyl (C=O) groups is 2. The Morgan fingerprint density at radius 1 is 0.723 bits per heavy atom. The highest BCUT2D eigenvalue weighted by atomic mass is 19.1. The quantitative estimate of drug-likeness (QED) is 0.124. The monoisotopic (exact) mass is 1130 g/mol. The SMILES string of the molecule is C=CC(=O)N1CCN(c2nc(OCC3CC(c4ccc5c(c4)CC4(CCc6c(nc(OCC7CCCN7C)nc6N6CCN(C(=O)C(=C)F)C(CC#N)C6)C4)CN5C)CN3C)nc3c2CCC2(CCc4c(F)cccc4C2)C3)CC1CC#N. The number of nitriles is 2. The van der Waals surface area contributed by atoms with Crippen LogP contribution >= 0.6 is 0 Å². The second-order valence-electron chi connectivity index (χ2n) is 25.3. The zero-order chi connectivity index (χ0) is 57.7. The predicted molar refractivity (Wildman–Crippen MR) is 312 cm³/mol. The number of likely N-dealkylation sites (N-methyl/N-ethyl adjacent to an activating group) is 2. The summed E-state index contributed by atoms with van der Waals surface area (Å²) in [4.78, 5) is 61.2. The maximum absolute atomic E-state index is 15.0. The lowest BCUT2D eigenvalue weighted by Crippen LogP contribution is -2.56. The van der Waals surface area contributed by atoms with E-state index < -0.39 is 17.8 Å². The molecule has 436 valence electrons. The highest BCUT2D eigenvalue weighted by Gasteiger charge is 2.45. The maximum Gasteiger partial charge on any atom is 0.318 e. The minimum Gasteiger partial charge on any atom is -0.462 e. The molecule has 4 aromatic rings. The number of piperazine rings is 2. The zero-order valence-corrected chi connectivity index (χ0v) is 48.4. The number of hydrogen-bond donors (Lipinski definition) is 0. The number of ether oxygens (including phenoxy) is 2.